The Bertz CT molecular complexity index is 1410. The summed E-state index contributed by atoms with van der Waals surface area (Å²) in [5, 5.41) is 18.0. The third-order valence-corrected chi connectivity index (χ3v) is 8.41. The van der Waals surface area contributed by atoms with E-state index in [-0.39, 0.29) is 17.9 Å². The van der Waals surface area contributed by atoms with Crippen LogP contribution in [0.1, 0.15) is 70.8 Å². The summed E-state index contributed by atoms with van der Waals surface area (Å²) in [6.45, 7) is 3.64. The zero-order chi connectivity index (χ0) is 29.7. The van der Waals surface area contributed by atoms with Crippen molar-refractivity contribution in [3.63, 3.8) is 0 Å². The summed E-state index contributed by atoms with van der Waals surface area (Å²) >= 11 is 0. The smallest absolute Gasteiger partial charge is 0.405 e. The van der Waals surface area contributed by atoms with Gasteiger partial charge in [-0.05, 0) is 81.4 Å². The van der Waals surface area contributed by atoms with Crippen molar-refractivity contribution in [1.82, 2.24) is 15.6 Å². The Morgan fingerprint density at radius 3 is 2.07 bits per heavy atom. The van der Waals surface area contributed by atoms with Gasteiger partial charge in [0.15, 0.2) is 0 Å². The molecule has 2 fully saturated rings. The van der Waals surface area contributed by atoms with Crippen LogP contribution in [0.25, 0.3) is 22.4 Å². The molecule has 1 heterocycles. The monoisotopic (exact) mass is 568 g/mol. The van der Waals surface area contributed by atoms with Crippen LogP contribution in [0.4, 0.5) is 10.5 Å². The number of pyridine rings is 1. The Morgan fingerprint density at radius 1 is 0.833 bits per heavy atom. The van der Waals surface area contributed by atoms with Crippen LogP contribution >= 0.6 is 0 Å². The third kappa shape index (κ3) is 7.75. The van der Waals surface area contributed by atoms with Crippen molar-refractivity contribution in [2.75, 3.05) is 5.32 Å². The number of rotatable bonds is 10. The van der Waals surface area contributed by atoms with Gasteiger partial charge < -0.3 is 21.1 Å². The van der Waals surface area contributed by atoms with E-state index in [0.717, 1.165) is 53.6 Å². The molecule has 1 aromatic heterocycles. The second-order valence-corrected chi connectivity index (χ2v) is 12.3. The minimum absolute atomic E-state index is 0.0257. The molecule has 2 aliphatic rings. The number of carbonyl (C=O) groups is 3. The fraction of sp³-hybridized carbons (Fsp3) is 0.412. The van der Waals surface area contributed by atoms with Crippen molar-refractivity contribution in [3.05, 3.63) is 72.4 Å². The molecule has 0 spiro atoms. The van der Waals surface area contributed by atoms with Crippen molar-refractivity contribution in [3.8, 4) is 22.4 Å². The number of nitrogens with zero attached hydrogens (tertiary/aromatic N) is 1. The zero-order valence-electron chi connectivity index (χ0n) is 24.4. The van der Waals surface area contributed by atoms with Gasteiger partial charge in [0.05, 0.1) is 23.1 Å². The van der Waals surface area contributed by atoms with E-state index in [1.54, 1.807) is 6.20 Å². The highest BCUT2D eigenvalue weighted by atomic mass is 16.4. The van der Waals surface area contributed by atoms with Gasteiger partial charge in [-0.3, -0.25) is 14.6 Å². The second kappa shape index (κ2) is 12.8. The molecule has 0 atom stereocenters. The summed E-state index contributed by atoms with van der Waals surface area (Å²) < 4.78 is 0. The number of hydrogen-bond donors (Lipinski definition) is 4. The minimum atomic E-state index is -1.07. The van der Waals surface area contributed by atoms with Crippen molar-refractivity contribution in [2.45, 2.75) is 76.8 Å². The first kappa shape index (κ1) is 29.3. The normalized spacial score (nSPS) is 18.6. The zero-order valence-corrected chi connectivity index (χ0v) is 24.4. The average molecular weight is 569 g/mol. The molecule has 8 nitrogen and oxygen atoms in total. The molecule has 0 bridgehead atoms. The Morgan fingerprint density at radius 2 is 1.45 bits per heavy atom. The number of carbonyl (C=O) groups excluding carboxylic acids is 2. The summed E-state index contributed by atoms with van der Waals surface area (Å²) in [6, 6.07) is 19.8. The molecule has 3 amide bonds. The fourth-order valence-electron chi connectivity index (χ4n) is 5.84. The average Bonchev–Trinajstić information content (AvgIpc) is 3.78. The van der Waals surface area contributed by atoms with Crippen LogP contribution in [0.2, 0.25) is 0 Å². The van der Waals surface area contributed by atoms with Crippen molar-refractivity contribution in [1.29, 1.82) is 0 Å². The number of hydrogen-bond acceptors (Lipinski definition) is 4. The van der Waals surface area contributed by atoms with Crippen LogP contribution in [0.15, 0.2) is 66.9 Å². The summed E-state index contributed by atoms with van der Waals surface area (Å²) in [4.78, 5) is 41.2. The van der Waals surface area contributed by atoms with Crippen LogP contribution in [0, 0.1) is 11.8 Å². The number of amides is 3. The lowest BCUT2D eigenvalue weighted by Gasteiger charge is -2.29. The third-order valence-electron chi connectivity index (χ3n) is 8.41. The highest BCUT2D eigenvalue weighted by molar-refractivity contribution is 5.93. The Kier molecular flexibility index (Phi) is 8.90. The molecule has 0 aliphatic heterocycles. The van der Waals surface area contributed by atoms with E-state index in [2.05, 4.69) is 16.0 Å². The molecule has 2 aliphatic carbocycles. The van der Waals surface area contributed by atoms with Crippen LogP contribution in [0.5, 0.6) is 0 Å². The Balaban J connectivity index is 1.25. The molecule has 0 saturated heterocycles. The molecule has 2 saturated carbocycles. The van der Waals surface area contributed by atoms with Gasteiger partial charge in [-0.15, -0.1) is 0 Å². The van der Waals surface area contributed by atoms with Gasteiger partial charge in [0.1, 0.15) is 0 Å². The topological polar surface area (TPSA) is 120 Å². The molecule has 2 aromatic carbocycles. The standard InChI is InChI=1S/C34H40N4O4/c1-34(2,38-33(41)42)26-14-12-25(13-15-26)32-29(24-6-4-3-5-7-24)20-28(21-35-32)37-31(40)19-23-10-16-27(17-11-23)36-30(39)18-22-8-9-22/h3-7,12-15,20-23,27,38H,8-11,16-19H2,1-2H3,(H,36,39)(H,37,40)(H,41,42)/t23-,27-. The number of carboxylic acid groups (broad SMARTS) is 1. The molecular formula is C34H40N4O4. The van der Waals surface area contributed by atoms with E-state index in [4.69, 9.17) is 4.98 Å². The molecule has 42 heavy (non-hydrogen) atoms. The predicted molar refractivity (Wildman–Crippen MR) is 164 cm³/mol. The lowest BCUT2D eigenvalue weighted by Crippen LogP contribution is -2.39. The largest absolute Gasteiger partial charge is 0.465 e. The summed E-state index contributed by atoms with van der Waals surface area (Å²) in [5.74, 6) is 1.05. The van der Waals surface area contributed by atoms with E-state index in [0.29, 0.717) is 30.4 Å². The van der Waals surface area contributed by atoms with Crippen LogP contribution in [-0.4, -0.2) is 34.0 Å². The molecule has 3 aromatic rings. The van der Waals surface area contributed by atoms with E-state index in [1.807, 2.05) is 74.5 Å². The maximum Gasteiger partial charge on any atom is 0.405 e. The first-order valence-electron chi connectivity index (χ1n) is 14.9. The molecule has 5 rings (SSSR count). The first-order chi connectivity index (χ1) is 20.2. The maximum atomic E-state index is 13.0. The van der Waals surface area contributed by atoms with Gasteiger partial charge in [0, 0.05) is 30.0 Å². The first-order valence-corrected chi connectivity index (χ1v) is 14.9. The summed E-state index contributed by atoms with van der Waals surface area (Å²) in [7, 11) is 0. The van der Waals surface area contributed by atoms with Crippen LogP contribution < -0.4 is 16.0 Å². The summed E-state index contributed by atoms with van der Waals surface area (Å²) in [5.41, 5.74) is 4.29. The molecule has 0 unspecified atom stereocenters. The van der Waals surface area contributed by atoms with E-state index in [1.165, 1.54) is 12.8 Å². The Labute approximate surface area is 247 Å². The lowest BCUT2D eigenvalue weighted by atomic mass is 9.84. The fourth-order valence-corrected chi connectivity index (χ4v) is 5.84. The van der Waals surface area contributed by atoms with Crippen LogP contribution in [0.3, 0.4) is 0 Å². The summed E-state index contributed by atoms with van der Waals surface area (Å²) in [6.07, 6.45) is 7.80. The molecule has 0 radical (unpaired) electrons. The molecule has 8 heteroatoms. The van der Waals surface area contributed by atoms with Gasteiger partial charge in [-0.25, -0.2) is 4.79 Å². The van der Waals surface area contributed by atoms with E-state index >= 15 is 0 Å². The quantitative estimate of drug-likeness (QED) is 0.216. The number of anilines is 1. The van der Waals surface area contributed by atoms with Crippen molar-refractivity contribution >= 4 is 23.6 Å². The highest BCUT2D eigenvalue weighted by Crippen LogP contribution is 2.35. The van der Waals surface area contributed by atoms with E-state index < -0.39 is 11.6 Å². The minimum Gasteiger partial charge on any atom is -0.465 e. The SMILES string of the molecule is CC(C)(NC(=O)O)c1ccc(-c2ncc(NC(=O)C[C@H]3CC[C@H](NC(=O)CC4CC4)CC3)cc2-c2ccccc2)cc1. The van der Waals surface area contributed by atoms with Gasteiger partial charge in [-0.1, -0.05) is 54.6 Å². The lowest BCUT2D eigenvalue weighted by molar-refractivity contribution is -0.122. The number of nitrogens with one attached hydrogen (secondary N) is 3. The molecule has 220 valence electrons. The van der Waals surface area contributed by atoms with Crippen molar-refractivity contribution < 1.29 is 19.5 Å². The number of benzene rings is 2. The number of aromatic nitrogens is 1. The maximum absolute atomic E-state index is 13.0. The van der Waals surface area contributed by atoms with Gasteiger partial charge >= 0.3 is 6.09 Å². The van der Waals surface area contributed by atoms with Gasteiger partial charge in [-0.2, -0.15) is 0 Å². The highest BCUT2D eigenvalue weighted by Gasteiger charge is 2.28. The van der Waals surface area contributed by atoms with Crippen molar-refractivity contribution in [2.24, 2.45) is 11.8 Å². The molecule has 4 N–H and O–H groups in total. The van der Waals surface area contributed by atoms with Gasteiger partial charge in [0.2, 0.25) is 11.8 Å². The predicted octanol–water partition coefficient (Wildman–Crippen LogP) is 6.72. The van der Waals surface area contributed by atoms with E-state index in [9.17, 15) is 19.5 Å². The van der Waals surface area contributed by atoms with Gasteiger partial charge in [0.25, 0.3) is 0 Å². The second-order valence-electron chi connectivity index (χ2n) is 12.3. The Hall–Kier alpha value is -4.20. The molecular weight excluding hydrogens is 528 g/mol. The van der Waals surface area contributed by atoms with Crippen LogP contribution in [-0.2, 0) is 15.1 Å².